The van der Waals surface area contributed by atoms with Gasteiger partial charge in [-0.05, 0) is 45.3 Å². The van der Waals surface area contributed by atoms with Crippen molar-refractivity contribution in [2.24, 2.45) is 5.92 Å². The standard InChI is InChI=1S/C12H24N2/c1-14(9-7-11-4-2-5-11)12-6-3-8-13-10-12/h11-13H,2-10H2,1H3. The minimum atomic E-state index is 0.809. The average molecular weight is 196 g/mol. The Hall–Kier alpha value is -0.0800. The zero-order valence-electron chi connectivity index (χ0n) is 9.47. The zero-order chi connectivity index (χ0) is 9.80. The van der Waals surface area contributed by atoms with E-state index in [1.165, 1.54) is 58.2 Å². The lowest BCUT2D eigenvalue weighted by Gasteiger charge is -2.34. The number of rotatable bonds is 4. The number of hydrogen-bond acceptors (Lipinski definition) is 2. The van der Waals surface area contributed by atoms with Crippen LogP contribution in [0.25, 0.3) is 0 Å². The van der Waals surface area contributed by atoms with Crippen LogP contribution in [0.4, 0.5) is 0 Å². The van der Waals surface area contributed by atoms with Gasteiger partial charge in [0.25, 0.3) is 0 Å². The van der Waals surface area contributed by atoms with Gasteiger partial charge in [0.2, 0.25) is 0 Å². The van der Waals surface area contributed by atoms with Crippen molar-refractivity contribution in [3.63, 3.8) is 0 Å². The molecule has 1 aliphatic heterocycles. The number of likely N-dealkylation sites (N-methyl/N-ethyl adjacent to an activating group) is 1. The molecule has 1 aliphatic carbocycles. The molecular formula is C12H24N2. The molecule has 2 fully saturated rings. The fourth-order valence-corrected chi connectivity index (χ4v) is 2.56. The SMILES string of the molecule is CN(CCC1CCC1)C1CCCNC1. The number of piperidine rings is 1. The summed E-state index contributed by atoms with van der Waals surface area (Å²) in [4.78, 5) is 2.57. The molecule has 1 heterocycles. The van der Waals surface area contributed by atoms with Crippen molar-refractivity contribution in [3.8, 4) is 0 Å². The third-order valence-corrected chi connectivity index (χ3v) is 4.01. The molecule has 0 spiro atoms. The van der Waals surface area contributed by atoms with Crippen LogP contribution in [0.5, 0.6) is 0 Å². The van der Waals surface area contributed by atoms with Crippen molar-refractivity contribution in [3.05, 3.63) is 0 Å². The van der Waals surface area contributed by atoms with E-state index in [9.17, 15) is 0 Å². The molecule has 0 aromatic carbocycles. The zero-order valence-corrected chi connectivity index (χ0v) is 9.47. The molecule has 1 atom stereocenters. The van der Waals surface area contributed by atoms with E-state index in [0.717, 1.165) is 12.0 Å². The Morgan fingerprint density at radius 2 is 2.07 bits per heavy atom. The van der Waals surface area contributed by atoms with E-state index in [-0.39, 0.29) is 0 Å². The lowest BCUT2D eigenvalue weighted by atomic mass is 9.83. The maximum absolute atomic E-state index is 3.49. The highest BCUT2D eigenvalue weighted by Crippen LogP contribution is 2.29. The van der Waals surface area contributed by atoms with E-state index in [2.05, 4.69) is 17.3 Å². The largest absolute Gasteiger partial charge is 0.315 e. The summed E-state index contributed by atoms with van der Waals surface area (Å²) in [6.45, 7) is 3.76. The molecule has 1 N–H and O–H groups in total. The monoisotopic (exact) mass is 196 g/mol. The van der Waals surface area contributed by atoms with Gasteiger partial charge < -0.3 is 10.2 Å². The van der Waals surface area contributed by atoms with Crippen LogP contribution in [-0.2, 0) is 0 Å². The highest BCUT2D eigenvalue weighted by atomic mass is 15.2. The summed E-state index contributed by atoms with van der Waals surface area (Å²) in [6.07, 6.45) is 8.67. The van der Waals surface area contributed by atoms with Crippen molar-refractivity contribution < 1.29 is 0 Å². The van der Waals surface area contributed by atoms with Gasteiger partial charge in [-0.25, -0.2) is 0 Å². The summed E-state index contributed by atoms with van der Waals surface area (Å²) in [5.41, 5.74) is 0. The Bertz CT molecular complexity index is 160. The Kier molecular flexibility index (Phi) is 3.82. The van der Waals surface area contributed by atoms with Crippen LogP contribution in [0.1, 0.15) is 38.5 Å². The van der Waals surface area contributed by atoms with E-state index >= 15 is 0 Å². The summed E-state index contributed by atoms with van der Waals surface area (Å²) >= 11 is 0. The van der Waals surface area contributed by atoms with Crippen LogP contribution in [0.2, 0.25) is 0 Å². The quantitative estimate of drug-likeness (QED) is 0.738. The van der Waals surface area contributed by atoms with Gasteiger partial charge in [-0.3, -0.25) is 0 Å². The second-order valence-corrected chi connectivity index (χ2v) is 5.07. The summed E-state index contributed by atoms with van der Waals surface area (Å²) in [5.74, 6) is 1.06. The van der Waals surface area contributed by atoms with Gasteiger partial charge in [-0.15, -0.1) is 0 Å². The topological polar surface area (TPSA) is 15.3 Å². The van der Waals surface area contributed by atoms with Crippen molar-refractivity contribution in [1.82, 2.24) is 10.2 Å². The molecule has 82 valence electrons. The van der Waals surface area contributed by atoms with Crippen LogP contribution in [-0.4, -0.2) is 37.6 Å². The Morgan fingerprint density at radius 3 is 2.64 bits per heavy atom. The van der Waals surface area contributed by atoms with Crippen LogP contribution in [0.3, 0.4) is 0 Å². The maximum Gasteiger partial charge on any atom is 0.0218 e. The normalized spacial score (nSPS) is 29.1. The average Bonchev–Trinajstić information content (AvgIpc) is 2.16. The molecule has 1 saturated carbocycles. The van der Waals surface area contributed by atoms with Crippen LogP contribution >= 0.6 is 0 Å². The minimum Gasteiger partial charge on any atom is -0.315 e. The second kappa shape index (κ2) is 5.13. The molecule has 2 aliphatic rings. The van der Waals surface area contributed by atoms with Gasteiger partial charge >= 0.3 is 0 Å². The number of nitrogens with zero attached hydrogens (tertiary/aromatic N) is 1. The first-order valence-electron chi connectivity index (χ1n) is 6.27. The summed E-state index contributed by atoms with van der Waals surface area (Å²) in [7, 11) is 2.30. The number of nitrogens with one attached hydrogen (secondary N) is 1. The van der Waals surface area contributed by atoms with Crippen LogP contribution in [0, 0.1) is 5.92 Å². The number of hydrogen-bond donors (Lipinski definition) is 1. The molecule has 2 rings (SSSR count). The van der Waals surface area contributed by atoms with E-state index in [1.807, 2.05) is 0 Å². The van der Waals surface area contributed by atoms with E-state index in [1.54, 1.807) is 0 Å². The summed E-state index contributed by atoms with van der Waals surface area (Å²) < 4.78 is 0. The van der Waals surface area contributed by atoms with Gasteiger partial charge in [-0.2, -0.15) is 0 Å². The first-order chi connectivity index (χ1) is 6.86. The molecule has 0 radical (unpaired) electrons. The Balaban J connectivity index is 1.62. The molecule has 0 aromatic heterocycles. The third-order valence-electron chi connectivity index (χ3n) is 4.01. The Morgan fingerprint density at radius 1 is 1.21 bits per heavy atom. The second-order valence-electron chi connectivity index (χ2n) is 5.07. The predicted octanol–water partition coefficient (Wildman–Crippen LogP) is 1.86. The molecule has 2 nitrogen and oxygen atoms in total. The first-order valence-corrected chi connectivity index (χ1v) is 6.27. The summed E-state index contributed by atoms with van der Waals surface area (Å²) in [5, 5.41) is 3.49. The van der Waals surface area contributed by atoms with Crippen molar-refractivity contribution in [1.29, 1.82) is 0 Å². The van der Waals surface area contributed by atoms with E-state index in [0.29, 0.717) is 0 Å². The molecule has 14 heavy (non-hydrogen) atoms. The maximum atomic E-state index is 3.49. The Labute approximate surface area is 88.1 Å². The lowest BCUT2D eigenvalue weighted by molar-refractivity contribution is 0.173. The molecule has 0 bridgehead atoms. The molecule has 1 saturated heterocycles. The van der Waals surface area contributed by atoms with E-state index in [4.69, 9.17) is 0 Å². The van der Waals surface area contributed by atoms with Gasteiger partial charge in [-0.1, -0.05) is 19.3 Å². The minimum absolute atomic E-state index is 0.809. The van der Waals surface area contributed by atoms with Gasteiger partial charge in [0.1, 0.15) is 0 Å². The van der Waals surface area contributed by atoms with Crippen molar-refractivity contribution in [2.45, 2.75) is 44.6 Å². The highest BCUT2D eigenvalue weighted by molar-refractivity contribution is 4.78. The van der Waals surface area contributed by atoms with Crippen molar-refractivity contribution in [2.75, 3.05) is 26.7 Å². The molecule has 2 heteroatoms. The van der Waals surface area contributed by atoms with Gasteiger partial charge in [0.05, 0.1) is 0 Å². The fraction of sp³-hybridized carbons (Fsp3) is 1.00. The molecule has 0 amide bonds. The third kappa shape index (κ3) is 2.71. The smallest absolute Gasteiger partial charge is 0.0218 e. The van der Waals surface area contributed by atoms with Crippen LogP contribution in [0.15, 0.2) is 0 Å². The molecule has 0 aromatic rings. The molecule has 1 unspecified atom stereocenters. The van der Waals surface area contributed by atoms with Gasteiger partial charge in [0.15, 0.2) is 0 Å². The van der Waals surface area contributed by atoms with Gasteiger partial charge in [0, 0.05) is 12.6 Å². The predicted molar refractivity (Wildman–Crippen MR) is 60.5 cm³/mol. The van der Waals surface area contributed by atoms with E-state index < -0.39 is 0 Å². The van der Waals surface area contributed by atoms with Crippen LogP contribution < -0.4 is 5.32 Å². The fourth-order valence-electron chi connectivity index (χ4n) is 2.56. The lowest BCUT2D eigenvalue weighted by Crippen LogP contribution is -2.44. The highest BCUT2D eigenvalue weighted by Gasteiger charge is 2.21. The molecular weight excluding hydrogens is 172 g/mol. The summed E-state index contributed by atoms with van der Waals surface area (Å²) in [6, 6.07) is 0.809. The first kappa shape index (κ1) is 10.4. The van der Waals surface area contributed by atoms with Crippen molar-refractivity contribution >= 4 is 0 Å².